The lowest BCUT2D eigenvalue weighted by atomic mass is 9.67. The lowest BCUT2D eigenvalue weighted by Crippen LogP contribution is -2.28. The van der Waals surface area contributed by atoms with Crippen LogP contribution in [0.1, 0.15) is 22.3 Å². The first-order valence-corrected chi connectivity index (χ1v) is 23.5. The summed E-state index contributed by atoms with van der Waals surface area (Å²) in [5, 5.41) is 3.49. The monoisotopic (exact) mass is 878 g/mol. The highest BCUT2D eigenvalue weighted by molar-refractivity contribution is 6.11. The van der Waals surface area contributed by atoms with Crippen molar-refractivity contribution in [1.29, 1.82) is 0 Å². The van der Waals surface area contributed by atoms with Gasteiger partial charge >= 0.3 is 0 Å². The lowest BCUT2D eigenvalue weighted by molar-refractivity contribution is 0.768. The molecule has 69 heavy (non-hydrogen) atoms. The Morgan fingerprint density at radius 1 is 0.246 bits per heavy atom. The summed E-state index contributed by atoms with van der Waals surface area (Å²) in [4.78, 5) is 20.7. The van der Waals surface area contributed by atoms with Gasteiger partial charge in [0.05, 0.1) is 16.6 Å². The lowest BCUT2D eigenvalue weighted by Gasteiger charge is -2.33. The van der Waals surface area contributed by atoms with E-state index in [2.05, 4.69) is 218 Å². The topological polar surface area (TPSA) is 51.6 Å². The second-order valence-corrected chi connectivity index (χ2v) is 17.7. The molecule has 2 heterocycles. The van der Waals surface area contributed by atoms with Crippen LogP contribution in [0, 0.1) is 0 Å². The molecule has 0 unspecified atom stereocenters. The van der Waals surface area contributed by atoms with Crippen LogP contribution < -0.4 is 0 Å². The normalized spacial score (nSPS) is 12.5. The van der Waals surface area contributed by atoms with Gasteiger partial charge in [-0.1, -0.05) is 224 Å². The van der Waals surface area contributed by atoms with Crippen LogP contribution in [0.25, 0.3) is 100 Å². The second kappa shape index (κ2) is 16.6. The van der Waals surface area contributed by atoms with E-state index >= 15 is 0 Å². The summed E-state index contributed by atoms with van der Waals surface area (Å²) >= 11 is 0. The fourth-order valence-electron chi connectivity index (χ4n) is 10.6. The fraction of sp³-hybridized carbons (Fsp3) is 0.0154. The van der Waals surface area contributed by atoms with Gasteiger partial charge in [-0.25, -0.2) is 19.9 Å². The van der Waals surface area contributed by atoms with Crippen molar-refractivity contribution < 1.29 is 0 Å². The summed E-state index contributed by atoms with van der Waals surface area (Å²) in [5.41, 5.74) is 17.1. The minimum absolute atomic E-state index is 0.487. The number of hydrogen-bond donors (Lipinski definition) is 0. The molecule has 0 spiro atoms. The van der Waals surface area contributed by atoms with Crippen LogP contribution in [0.15, 0.2) is 255 Å². The van der Waals surface area contributed by atoms with Crippen molar-refractivity contribution in [3.63, 3.8) is 0 Å². The van der Waals surface area contributed by atoms with E-state index in [1.165, 1.54) is 38.8 Å². The molecule has 0 amide bonds. The average molecular weight is 879 g/mol. The summed E-state index contributed by atoms with van der Waals surface area (Å²) < 4.78 is 0. The number of benzene rings is 10. The SMILES string of the molecule is c1ccc(-c2nc(-c3ccccc3)nc(-c3cc(-c4ccc(-c5nc6ccccc6c6ccccc56)cc4)cc(-c4ccc5c(c4)-c4ccccc4C5(c4ccccc4)c4ccccc4)c3)n2)cc1. The maximum atomic E-state index is 5.22. The highest BCUT2D eigenvalue weighted by atomic mass is 15.0. The van der Waals surface area contributed by atoms with Crippen LogP contribution in [0.3, 0.4) is 0 Å². The van der Waals surface area contributed by atoms with Crippen molar-refractivity contribution in [3.05, 3.63) is 277 Å². The third-order valence-electron chi connectivity index (χ3n) is 13.8. The number of aromatic nitrogens is 4. The zero-order valence-electron chi connectivity index (χ0n) is 37.5. The Morgan fingerprint density at radius 3 is 1.33 bits per heavy atom. The van der Waals surface area contributed by atoms with Crippen LogP contribution in [0.5, 0.6) is 0 Å². The van der Waals surface area contributed by atoms with Gasteiger partial charge in [0.15, 0.2) is 17.5 Å². The molecule has 0 fully saturated rings. The summed E-state index contributed by atoms with van der Waals surface area (Å²) in [7, 11) is 0. The molecule has 0 aliphatic heterocycles. The Hall–Kier alpha value is -9.12. The van der Waals surface area contributed by atoms with E-state index in [0.29, 0.717) is 17.5 Å². The third-order valence-corrected chi connectivity index (χ3v) is 13.8. The van der Waals surface area contributed by atoms with Gasteiger partial charge in [0.2, 0.25) is 0 Å². The van der Waals surface area contributed by atoms with Gasteiger partial charge in [-0.15, -0.1) is 0 Å². The van der Waals surface area contributed by atoms with Gasteiger partial charge in [-0.2, -0.15) is 0 Å². The second-order valence-electron chi connectivity index (χ2n) is 17.7. The van der Waals surface area contributed by atoms with E-state index in [-0.39, 0.29) is 0 Å². The third kappa shape index (κ3) is 6.84. The molecule has 1 aliphatic carbocycles. The van der Waals surface area contributed by atoms with Crippen LogP contribution in [0.2, 0.25) is 0 Å². The molecule has 4 heteroatoms. The quantitative estimate of drug-likeness (QED) is 0.143. The maximum Gasteiger partial charge on any atom is 0.164 e. The molecule has 0 radical (unpaired) electrons. The Morgan fingerprint density at radius 2 is 0.696 bits per heavy atom. The van der Waals surface area contributed by atoms with Gasteiger partial charge in [0, 0.05) is 33.0 Å². The van der Waals surface area contributed by atoms with Crippen LogP contribution in [0.4, 0.5) is 0 Å². The predicted molar refractivity (Wildman–Crippen MR) is 283 cm³/mol. The molecule has 13 rings (SSSR count). The average Bonchev–Trinajstić information content (AvgIpc) is 3.74. The van der Waals surface area contributed by atoms with Crippen LogP contribution in [-0.4, -0.2) is 19.9 Å². The molecule has 12 aromatic rings. The molecule has 0 saturated carbocycles. The predicted octanol–water partition coefficient (Wildman–Crippen LogP) is 15.9. The standard InChI is InChI=1S/C65H42N4/c1-5-19-45(20-6-1)62-67-63(46-21-7-2-8-22-46)69-64(68-62)50-40-48(43-33-35-44(36-34-43)61-56-30-14-13-27-53(56)55-29-16-18-32-60(55)66-61)39-49(41-50)47-37-38-59-57(42-47)54-28-15-17-31-58(54)65(59,51-23-9-3-10-24-51)52-25-11-4-12-26-52/h1-42H. The molecule has 0 N–H and O–H groups in total. The van der Waals surface area contributed by atoms with Gasteiger partial charge in [-0.05, 0) is 91.4 Å². The minimum Gasteiger partial charge on any atom is -0.247 e. The zero-order valence-corrected chi connectivity index (χ0v) is 37.5. The van der Waals surface area contributed by atoms with Gasteiger partial charge in [0.1, 0.15) is 0 Å². The number of pyridine rings is 1. The van der Waals surface area contributed by atoms with Crippen molar-refractivity contribution in [2.75, 3.05) is 0 Å². The highest BCUT2D eigenvalue weighted by Gasteiger charge is 2.46. The molecule has 2 aromatic heterocycles. The van der Waals surface area contributed by atoms with Crippen molar-refractivity contribution in [2.45, 2.75) is 5.41 Å². The smallest absolute Gasteiger partial charge is 0.164 e. The first kappa shape index (κ1) is 40.2. The molecular weight excluding hydrogens is 837 g/mol. The molecule has 0 bridgehead atoms. The minimum atomic E-state index is -0.487. The number of hydrogen-bond acceptors (Lipinski definition) is 4. The molecule has 322 valence electrons. The largest absolute Gasteiger partial charge is 0.247 e. The zero-order chi connectivity index (χ0) is 45.7. The van der Waals surface area contributed by atoms with E-state index in [1.807, 2.05) is 36.4 Å². The van der Waals surface area contributed by atoms with Crippen LogP contribution >= 0.6 is 0 Å². The van der Waals surface area contributed by atoms with Crippen molar-refractivity contribution in [3.8, 4) is 78.8 Å². The van der Waals surface area contributed by atoms with Crippen molar-refractivity contribution in [1.82, 2.24) is 19.9 Å². The Balaban J connectivity index is 1.01. The maximum absolute atomic E-state index is 5.22. The summed E-state index contributed by atoms with van der Waals surface area (Å²) in [6.07, 6.45) is 0. The molecule has 0 saturated heterocycles. The molecule has 1 aliphatic rings. The van der Waals surface area contributed by atoms with Gasteiger partial charge < -0.3 is 0 Å². The fourth-order valence-corrected chi connectivity index (χ4v) is 10.6. The Labute approximate surface area is 401 Å². The van der Waals surface area contributed by atoms with Crippen LogP contribution in [-0.2, 0) is 5.41 Å². The number of nitrogens with zero attached hydrogens (tertiary/aromatic N) is 4. The van der Waals surface area contributed by atoms with E-state index in [9.17, 15) is 0 Å². The van der Waals surface area contributed by atoms with Gasteiger partial charge in [0.25, 0.3) is 0 Å². The summed E-state index contributed by atoms with van der Waals surface area (Å²) in [6, 6.07) is 90.8. The number of fused-ring (bicyclic) bond motifs is 6. The van der Waals surface area contributed by atoms with Crippen molar-refractivity contribution >= 4 is 21.7 Å². The molecule has 4 nitrogen and oxygen atoms in total. The van der Waals surface area contributed by atoms with E-state index in [0.717, 1.165) is 66.5 Å². The number of para-hydroxylation sites is 1. The Kier molecular flexibility index (Phi) is 9.69. The first-order chi connectivity index (χ1) is 34.2. The highest BCUT2D eigenvalue weighted by Crippen LogP contribution is 2.56. The van der Waals surface area contributed by atoms with E-state index in [1.54, 1.807) is 0 Å². The van der Waals surface area contributed by atoms with E-state index in [4.69, 9.17) is 19.9 Å². The molecule has 0 atom stereocenters. The molecule has 10 aromatic carbocycles. The van der Waals surface area contributed by atoms with E-state index < -0.39 is 5.41 Å². The number of rotatable bonds is 8. The summed E-state index contributed by atoms with van der Waals surface area (Å²) in [6.45, 7) is 0. The van der Waals surface area contributed by atoms with Crippen molar-refractivity contribution in [2.24, 2.45) is 0 Å². The van der Waals surface area contributed by atoms with Gasteiger partial charge in [-0.3, -0.25) is 0 Å². The Bertz CT molecular complexity index is 3770. The molecular formula is C65H42N4. The first-order valence-electron chi connectivity index (χ1n) is 23.5. The summed E-state index contributed by atoms with van der Waals surface area (Å²) in [5.74, 6) is 1.85.